The maximum Gasteiger partial charge on any atom is 0.338 e. The summed E-state index contributed by atoms with van der Waals surface area (Å²) in [6.07, 6.45) is 1.42. The number of hydrogen-bond acceptors (Lipinski definition) is 9. The SMILES string of the molecule is CCOC(=O)C1=C(C)NC(=O)N[C@@H]1c1ccc(OCC(=O)N/N=C\c2cc(Br)c(OCc3ccccc3F)c(OCC)c2)c(OC)c1. The Hall–Kier alpha value is -5.11. The van der Waals surface area contributed by atoms with Crippen LogP contribution in [-0.4, -0.2) is 51.1 Å². The quantitative estimate of drug-likeness (QED) is 0.116. The Balaban J connectivity index is 1.39. The van der Waals surface area contributed by atoms with Crippen LogP contribution in [0.15, 0.2) is 75.4 Å². The normalized spacial score (nSPS) is 14.3. The standard InChI is InChI=1S/C33H34BrFN4O8/c1-5-44-27-14-20(13-23(34)31(27)47-17-22-9-7-8-10-24(22)35)16-36-39-28(40)18-46-25-12-11-21(15-26(25)43-4)30-29(32(41)45-6-2)19(3)37-33(42)38-30/h7-16,30H,5-6,17-18H2,1-4H3,(H,39,40)(H2,37,38,42)/b36-16-/t30-/m1/s1. The second-order valence-corrected chi connectivity index (χ2v) is 10.8. The third-order valence-electron chi connectivity index (χ3n) is 6.71. The average Bonchev–Trinajstić information content (AvgIpc) is 3.04. The van der Waals surface area contributed by atoms with Crippen molar-refractivity contribution in [3.63, 3.8) is 0 Å². The first-order valence-corrected chi connectivity index (χ1v) is 15.3. The van der Waals surface area contributed by atoms with E-state index in [9.17, 15) is 18.8 Å². The summed E-state index contributed by atoms with van der Waals surface area (Å²) in [4.78, 5) is 37.3. The summed E-state index contributed by atoms with van der Waals surface area (Å²) in [5.74, 6) is -0.141. The number of hydrazone groups is 1. The molecule has 0 unspecified atom stereocenters. The van der Waals surface area contributed by atoms with E-state index in [0.717, 1.165) is 0 Å². The second kappa shape index (κ2) is 16.5. The Kier molecular flexibility index (Phi) is 12.2. The van der Waals surface area contributed by atoms with Crippen molar-refractivity contribution in [1.29, 1.82) is 0 Å². The molecule has 1 atom stereocenters. The van der Waals surface area contributed by atoms with Gasteiger partial charge in [-0.25, -0.2) is 19.4 Å². The lowest BCUT2D eigenvalue weighted by Gasteiger charge is -2.28. The minimum Gasteiger partial charge on any atom is -0.493 e. The molecule has 0 fully saturated rings. The molecule has 3 aromatic carbocycles. The zero-order valence-electron chi connectivity index (χ0n) is 26.1. The van der Waals surface area contributed by atoms with Crippen LogP contribution in [0.25, 0.3) is 0 Å². The highest BCUT2D eigenvalue weighted by atomic mass is 79.9. The van der Waals surface area contributed by atoms with Gasteiger partial charge in [0, 0.05) is 11.3 Å². The summed E-state index contributed by atoms with van der Waals surface area (Å²) in [6, 6.07) is 13.3. The van der Waals surface area contributed by atoms with Gasteiger partial charge >= 0.3 is 12.0 Å². The maximum atomic E-state index is 14.0. The van der Waals surface area contributed by atoms with Gasteiger partial charge in [-0.1, -0.05) is 24.3 Å². The van der Waals surface area contributed by atoms with Crippen molar-refractivity contribution in [1.82, 2.24) is 16.1 Å². The van der Waals surface area contributed by atoms with Gasteiger partial charge in [0.2, 0.25) is 0 Å². The second-order valence-electron chi connectivity index (χ2n) is 9.93. The summed E-state index contributed by atoms with van der Waals surface area (Å²) >= 11 is 3.47. The third-order valence-corrected chi connectivity index (χ3v) is 7.30. The van der Waals surface area contributed by atoms with Gasteiger partial charge in [0.25, 0.3) is 5.91 Å². The molecule has 0 aromatic heterocycles. The van der Waals surface area contributed by atoms with E-state index in [1.54, 1.807) is 62.4 Å². The van der Waals surface area contributed by atoms with Gasteiger partial charge in [-0.05, 0) is 78.2 Å². The molecule has 12 nitrogen and oxygen atoms in total. The molecule has 3 N–H and O–H groups in total. The van der Waals surface area contributed by atoms with Gasteiger partial charge < -0.3 is 34.3 Å². The number of amides is 3. The van der Waals surface area contributed by atoms with Crippen LogP contribution in [0, 0.1) is 5.82 Å². The van der Waals surface area contributed by atoms with Crippen molar-refractivity contribution in [3.05, 3.63) is 92.8 Å². The first kappa shape index (κ1) is 34.8. The zero-order chi connectivity index (χ0) is 33.9. The number of nitrogens with one attached hydrogen (secondary N) is 3. The van der Waals surface area contributed by atoms with Crippen molar-refractivity contribution in [3.8, 4) is 23.0 Å². The smallest absolute Gasteiger partial charge is 0.338 e. The first-order chi connectivity index (χ1) is 22.6. The molecule has 3 aromatic rings. The lowest BCUT2D eigenvalue weighted by Crippen LogP contribution is -2.45. The number of halogens is 2. The summed E-state index contributed by atoms with van der Waals surface area (Å²) in [6.45, 7) is 5.27. The van der Waals surface area contributed by atoms with Gasteiger partial charge in [0.1, 0.15) is 12.4 Å². The number of esters is 1. The fourth-order valence-electron chi connectivity index (χ4n) is 4.59. The topological polar surface area (TPSA) is 146 Å². The highest BCUT2D eigenvalue weighted by Gasteiger charge is 2.32. The minimum atomic E-state index is -0.792. The molecule has 0 radical (unpaired) electrons. The fraction of sp³-hybridized carbons (Fsp3) is 0.273. The summed E-state index contributed by atoms with van der Waals surface area (Å²) in [7, 11) is 1.43. The van der Waals surface area contributed by atoms with Gasteiger partial charge in [-0.15, -0.1) is 0 Å². The van der Waals surface area contributed by atoms with Crippen LogP contribution in [0.3, 0.4) is 0 Å². The molecule has 0 aliphatic carbocycles. The molecular formula is C33H34BrFN4O8. The molecule has 1 aliphatic heterocycles. The maximum absolute atomic E-state index is 14.0. The Morgan fingerprint density at radius 3 is 2.53 bits per heavy atom. The highest BCUT2D eigenvalue weighted by molar-refractivity contribution is 9.10. The van der Waals surface area contributed by atoms with E-state index in [0.29, 0.717) is 45.0 Å². The van der Waals surface area contributed by atoms with Crippen molar-refractivity contribution in [2.75, 3.05) is 26.9 Å². The first-order valence-electron chi connectivity index (χ1n) is 14.6. The molecular weight excluding hydrogens is 679 g/mol. The van der Waals surface area contributed by atoms with Crippen LogP contribution in [0.1, 0.15) is 43.5 Å². The van der Waals surface area contributed by atoms with E-state index in [-0.39, 0.29) is 42.7 Å². The number of benzene rings is 3. The number of carbonyl (C=O) groups is 3. The predicted molar refractivity (Wildman–Crippen MR) is 174 cm³/mol. The summed E-state index contributed by atoms with van der Waals surface area (Å²) < 4.78 is 42.5. The number of methoxy groups -OCH3 is 1. The number of carbonyl (C=O) groups excluding carboxylic acids is 3. The monoisotopic (exact) mass is 712 g/mol. The van der Waals surface area contributed by atoms with Crippen LogP contribution in [0.5, 0.6) is 23.0 Å². The number of ether oxygens (including phenoxy) is 5. The molecule has 4 rings (SSSR count). The van der Waals surface area contributed by atoms with Crippen LogP contribution in [0.4, 0.5) is 9.18 Å². The molecule has 0 spiro atoms. The zero-order valence-corrected chi connectivity index (χ0v) is 27.7. The van der Waals surface area contributed by atoms with Crippen molar-refractivity contribution >= 4 is 40.1 Å². The van der Waals surface area contributed by atoms with E-state index in [2.05, 4.69) is 37.1 Å². The molecule has 0 saturated carbocycles. The number of urea groups is 1. The third kappa shape index (κ3) is 9.00. The predicted octanol–water partition coefficient (Wildman–Crippen LogP) is 5.29. The Labute approximate surface area is 279 Å². The molecule has 1 heterocycles. The van der Waals surface area contributed by atoms with Gasteiger partial charge in [0.05, 0.1) is 42.6 Å². The van der Waals surface area contributed by atoms with E-state index >= 15 is 0 Å². The molecule has 3 amide bonds. The van der Waals surface area contributed by atoms with E-state index in [1.165, 1.54) is 19.4 Å². The Morgan fingerprint density at radius 2 is 1.81 bits per heavy atom. The average molecular weight is 714 g/mol. The minimum absolute atomic E-state index is 0.00231. The van der Waals surface area contributed by atoms with E-state index < -0.39 is 23.9 Å². The van der Waals surface area contributed by atoms with E-state index in [1.807, 2.05) is 6.92 Å². The van der Waals surface area contributed by atoms with Crippen LogP contribution >= 0.6 is 15.9 Å². The van der Waals surface area contributed by atoms with Crippen LogP contribution < -0.4 is 35.0 Å². The van der Waals surface area contributed by atoms with Gasteiger partial charge in [-0.3, -0.25) is 4.79 Å². The number of allylic oxidation sites excluding steroid dienone is 1. The van der Waals surface area contributed by atoms with Crippen LogP contribution in [-0.2, 0) is 20.9 Å². The van der Waals surface area contributed by atoms with Crippen molar-refractivity contribution in [2.24, 2.45) is 5.10 Å². The molecule has 0 bridgehead atoms. The van der Waals surface area contributed by atoms with Crippen LogP contribution in [0.2, 0.25) is 0 Å². The van der Waals surface area contributed by atoms with Crippen molar-refractivity contribution < 1.29 is 42.5 Å². The van der Waals surface area contributed by atoms with E-state index in [4.69, 9.17) is 23.7 Å². The molecule has 248 valence electrons. The summed E-state index contributed by atoms with van der Waals surface area (Å²) in [5, 5.41) is 9.32. The van der Waals surface area contributed by atoms with Crippen molar-refractivity contribution in [2.45, 2.75) is 33.4 Å². The fourth-order valence-corrected chi connectivity index (χ4v) is 5.17. The summed E-state index contributed by atoms with van der Waals surface area (Å²) in [5.41, 5.74) is 4.57. The Morgan fingerprint density at radius 1 is 1.02 bits per heavy atom. The molecule has 47 heavy (non-hydrogen) atoms. The number of rotatable bonds is 14. The Bertz CT molecular complexity index is 1700. The van der Waals surface area contributed by atoms with Gasteiger partial charge in [-0.2, -0.15) is 5.10 Å². The lowest BCUT2D eigenvalue weighted by atomic mass is 9.95. The molecule has 14 heteroatoms. The number of nitrogens with zero attached hydrogens (tertiary/aromatic N) is 1. The molecule has 0 saturated heterocycles. The molecule has 1 aliphatic rings. The number of hydrogen-bond donors (Lipinski definition) is 3. The van der Waals surface area contributed by atoms with Gasteiger partial charge in [0.15, 0.2) is 29.6 Å². The largest absolute Gasteiger partial charge is 0.493 e. The lowest BCUT2D eigenvalue weighted by molar-refractivity contribution is -0.139. The highest BCUT2D eigenvalue weighted by Crippen LogP contribution is 2.37.